The first-order valence-electron chi connectivity index (χ1n) is 6.90. The minimum atomic E-state index is -0.801. The van der Waals surface area contributed by atoms with Gasteiger partial charge in [0.2, 0.25) is 0 Å². The van der Waals surface area contributed by atoms with Crippen molar-refractivity contribution in [2.45, 2.75) is 43.8 Å². The number of rotatable bonds is 4. The molecule has 112 valence electrons. The second-order valence-electron chi connectivity index (χ2n) is 6.43. The van der Waals surface area contributed by atoms with Gasteiger partial charge in [-0.05, 0) is 20.0 Å². The zero-order valence-corrected chi connectivity index (χ0v) is 13.4. The molecule has 0 aromatic carbocycles. The van der Waals surface area contributed by atoms with Crippen molar-refractivity contribution in [3.63, 3.8) is 0 Å². The van der Waals surface area contributed by atoms with Crippen molar-refractivity contribution < 1.29 is 9.90 Å². The molecule has 0 aliphatic carbocycles. The summed E-state index contributed by atoms with van der Waals surface area (Å²) in [5, 5.41) is 9.70. The van der Waals surface area contributed by atoms with Gasteiger partial charge in [-0.25, -0.2) is 4.98 Å². The van der Waals surface area contributed by atoms with Crippen LogP contribution in [0.15, 0.2) is 11.4 Å². The van der Waals surface area contributed by atoms with Crippen molar-refractivity contribution in [1.29, 1.82) is 0 Å². The second kappa shape index (κ2) is 5.77. The summed E-state index contributed by atoms with van der Waals surface area (Å²) in [7, 11) is 2.12. The zero-order chi connectivity index (χ0) is 14.9. The fourth-order valence-electron chi connectivity index (χ4n) is 2.61. The third-order valence-corrected chi connectivity index (χ3v) is 4.54. The Labute approximate surface area is 124 Å². The van der Waals surface area contributed by atoms with Crippen molar-refractivity contribution in [3.8, 4) is 0 Å². The number of aliphatic carboxylic acids is 1. The minimum absolute atomic E-state index is 0.0101. The molecule has 0 spiro atoms. The summed E-state index contributed by atoms with van der Waals surface area (Å²) in [5.74, 6) is -0.742. The molecule has 1 fully saturated rings. The van der Waals surface area contributed by atoms with Gasteiger partial charge in [0.25, 0.3) is 0 Å². The second-order valence-corrected chi connectivity index (χ2v) is 7.38. The number of hydrogen-bond acceptors (Lipinski definition) is 4. The van der Waals surface area contributed by atoms with E-state index in [9.17, 15) is 4.79 Å². The van der Waals surface area contributed by atoms with Gasteiger partial charge in [-0.1, -0.05) is 32.5 Å². The van der Waals surface area contributed by atoms with Gasteiger partial charge < -0.3 is 14.6 Å². The summed E-state index contributed by atoms with van der Waals surface area (Å²) >= 11 is 1.31. The number of likely N-dealkylation sites (tertiary alicyclic amines) is 1. The van der Waals surface area contributed by atoms with E-state index < -0.39 is 5.97 Å². The average Bonchev–Trinajstić information content (AvgIpc) is 2.90. The average molecular weight is 297 g/mol. The predicted octanol–water partition coefficient (Wildman–Crippen LogP) is 2.23. The Kier molecular flexibility index (Phi) is 4.44. The van der Waals surface area contributed by atoms with E-state index in [4.69, 9.17) is 5.11 Å². The molecule has 1 atom stereocenters. The van der Waals surface area contributed by atoms with Crippen LogP contribution in [-0.2, 0) is 10.2 Å². The van der Waals surface area contributed by atoms with Gasteiger partial charge in [0.05, 0.1) is 5.75 Å². The van der Waals surface area contributed by atoms with Gasteiger partial charge in [0.15, 0.2) is 5.16 Å². The first-order valence-corrected chi connectivity index (χ1v) is 7.88. The maximum absolute atomic E-state index is 10.8. The molecule has 20 heavy (non-hydrogen) atoms. The number of hydrogen-bond donors (Lipinski definition) is 1. The van der Waals surface area contributed by atoms with Gasteiger partial charge in [0, 0.05) is 29.9 Å². The molecule has 6 heteroatoms. The summed E-state index contributed by atoms with van der Waals surface area (Å²) in [6.45, 7) is 8.59. The van der Waals surface area contributed by atoms with E-state index >= 15 is 0 Å². The zero-order valence-electron chi connectivity index (χ0n) is 12.6. The van der Waals surface area contributed by atoms with Crippen LogP contribution >= 0.6 is 11.8 Å². The Hall–Kier alpha value is -1.01. The van der Waals surface area contributed by atoms with Crippen LogP contribution in [0.3, 0.4) is 0 Å². The van der Waals surface area contributed by atoms with Gasteiger partial charge in [-0.2, -0.15) is 0 Å². The fraction of sp³-hybridized carbons (Fsp3) is 0.714. The molecule has 1 aliphatic heterocycles. The van der Waals surface area contributed by atoms with Gasteiger partial charge in [-0.3, -0.25) is 4.79 Å². The van der Waals surface area contributed by atoms with Crippen molar-refractivity contribution >= 4 is 17.7 Å². The Bertz CT molecular complexity index is 493. The van der Waals surface area contributed by atoms with E-state index in [0.717, 1.165) is 24.7 Å². The summed E-state index contributed by atoms with van der Waals surface area (Å²) in [6.07, 6.45) is 3.00. The summed E-state index contributed by atoms with van der Waals surface area (Å²) in [6, 6.07) is 0.396. The molecule has 1 saturated heterocycles. The Morgan fingerprint density at radius 3 is 2.75 bits per heavy atom. The molecule has 2 heterocycles. The van der Waals surface area contributed by atoms with Crippen LogP contribution in [0.25, 0.3) is 0 Å². The lowest BCUT2D eigenvalue weighted by atomic mass is 9.92. The molecule has 0 amide bonds. The molecule has 0 bridgehead atoms. The van der Waals surface area contributed by atoms with Crippen molar-refractivity contribution in [2.24, 2.45) is 0 Å². The van der Waals surface area contributed by atoms with E-state index in [2.05, 4.69) is 42.3 Å². The van der Waals surface area contributed by atoms with Crippen molar-refractivity contribution in [1.82, 2.24) is 14.5 Å². The van der Waals surface area contributed by atoms with Crippen LogP contribution in [-0.4, -0.2) is 51.4 Å². The van der Waals surface area contributed by atoms with Crippen molar-refractivity contribution in [2.75, 3.05) is 25.9 Å². The monoisotopic (exact) mass is 297 g/mol. The number of likely N-dealkylation sites (N-methyl/N-ethyl adjacent to an activating group) is 1. The van der Waals surface area contributed by atoms with E-state index in [1.807, 2.05) is 6.20 Å². The molecule has 0 radical (unpaired) electrons. The third kappa shape index (κ3) is 3.35. The first-order chi connectivity index (χ1) is 9.29. The third-order valence-electron chi connectivity index (χ3n) is 3.59. The number of carboxylic acid groups (broad SMARTS) is 1. The lowest BCUT2D eigenvalue weighted by Gasteiger charge is -2.25. The predicted molar refractivity (Wildman–Crippen MR) is 80.4 cm³/mol. The lowest BCUT2D eigenvalue weighted by molar-refractivity contribution is -0.133. The molecule has 5 nitrogen and oxygen atoms in total. The minimum Gasteiger partial charge on any atom is -0.481 e. The maximum atomic E-state index is 10.8. The quantitative estimate of drug-likeness (QED) is 0.864. The molecular formula is C14H23N3O2S. The van der Waals surface area contributed by atoms with Crippen LogP contribution in [0.4, 0.5) is 0 Å². The van der Waals surface area contributed by atoms with Crippen LogP contribution < -0.4 is 0 Å². The number of thioether (sulfide) groups is 1. The molecule has 1 aromatic heterocycles. The van der Waals surface area contributed by atoms with E-state index in [0.29, 0.717) is 6.04 Å². The van der Waals surface area contributed by atoms with E-state index in [1.165, 1.54) is 17.5 Å². The fourth-order valence-corrected chi connectivity index (χ4v) is 3.37. The highest BCUT2D eigenvalue weighted by molar-refractivity contribution is 7.99. The number of aromatic nitrogens is 2. The molecule has 1 N–H and O–H groups in total. The molecule has 0 saturated carbocycles. The lowest BCUT2D eigenvalue weighted by Crippen LogP contribution is -2.23. The topological polar surface area (TPSA) is 58.4 Å². The molecule has 1 unspecified atom stereocenters. The van der Waals surface area contributed by atoms with Crippen LogP contribution in [0.2, 0.25) is 0 Å². The highest BCUT2D eigenvalue weighted by Crippen LogP contribution is 2.33. The Morgan fingerprint density at radius 2 is 2.25 bits per heavy atom. The number of carbonyl (C=O) groups is 1. The highest BCUT2D eigenvalue weighted by Gasteiger charge is 2.29. The molecular weight excluding hydrogens is 274 g/mol. The maximum Gasteiger partial charge on any atom is 0.313 e. The Balaban J connectivity index is 2.32. The standard InChI is InChI=1S/C14H23N3O2S/c1-14(2,3)11-7-15-13(20-9-12(18)19)17(11)10-5-6-16(4)8-10/h7,10H,5-6,8-9H2,1-4H3,(H,18,19). The van der Waals surface area contributed by atoms with Gasteiger partial charge >= 0.3 is 5.97 Å². The number of imidazole rings is 1. The normalized spacial score (nSPS) is 20.5. The van der Waals surface area contributed by atoms with Gasteiger partial charge in [0.1, 0.15) is 0 Å². The molecule has 1 aliphatic rings. The summed E-state index contributed by atoms with van der Waals surface area (Å²) < 4.78 is 2.26. The smallest absolute Gasteiger partial charge is 0.313 e. The van der Waals surface area contributed by atoms with Crippen LogP contribution in [0.1, 0.15) is 38.9 Å². The Morgan fingerprint density at radius 1 is 1.55 bits per heavy atom. The highest BCUT2D eigenvalue weighted by atomic mass is 32.2. The SMILES string of the molecule is CN1CCC(n2c(C(C)(C)C)cnc2SCC(=O)O)C1. The summed E-state index contributed by atoms with van der Waals surface area (Å²) in [4.78, 5) is 17.6. The number of nitrogens with zero attached hydrogens (tertiary/aromatic N) is 3. The molecule has 2 rings (SSSR count). The van der Waals surface area contributed by atoms with E-state index in [1.54, 1.807) is 0 Å². The van der Waals surface area contributed by atoms with Crippen LogP contribution in [0.5, 0.6) is 0 Å². The van der Waals surface area contributed by atoms with E-state index in [-0.39, 0.29) is 11.2 Å². The largest absolute Gasteiger partial charge is 0.481 e. The van der Waals surface area contributed by atoms with Crippen LogP contribution in [0, 0.1) is 0 Å². The van der Waals surface area contributed by atoms with Gasteiger partial charge in [-0.15, -0.1) is 0 Å². The van der Waals surface area contributed by atoms with Crippen molar-refractivity contribution in [3.05, 3.63) is 11.9 Å². The first kappa shape index (κ1) is 15.4. The summed E-state index contributed by atoms with van der Waals surface area (Å²) in [5.41, 5.74) is 1.20. The molecule has 1 aromatic rings. The number of carboxylic acids is 1.